The quantitative estimate of drug-likeness (QED) is 0.678. The van der Waals surface area contributed by atoms with Crippen molar-refractivity contribution in [3.8, 4) is 11.1 Å². The monoisotopic (exact) mass is 342 g/mol. The van der Waals surface area contributed by atoms with E-state index in [0.29, 0.717) is 5.56 Å². The van der Waals surface area contributed by atoms with E-state index < -0.39 is 0 Å². The third-order valence-corrected chi connectivity index (χ3v) is 4.55. The van der Waals surface area contributed by atoms with Crippen LogP contribution in [-0.2, 0) is 0 Å². The molecular formula is C23H19FN2. The van der Waals surface area contributed by atoms with Crippen molar-refractivity contribution in [2.24, 2.45) is 0 Å². The van der Waals surface area contributed by atoms with E-state index >= 15 is 0 Å². The molecule has 3 heteroatoms. The van der Waals surface area contributed by atoms with Crippen molar-refractivity contribution in [1.82, 2.24) is 10.3 Å². The van der Waals surface area contributed by atoms with E-state index in [9.17, 15) is 4.39 Å². The number of pyridine rings is 1. The summed E-state index contributed by atoms with van der Waals surface area (Å²) in [6.07, 6.45) is 10.8. The molecule has 0 bridgehead atoms. The predicted molar refractivity (Wildman–Crippen MR) is 104 cm³/mol. The highest BCUT2D eigenvalue weighted by molar-refractivity contribution is 5.69. The molecule has 0 amide bonds. The van der Waals surface area contributed by atoms with Crippen molar-refractivity contribution >= 4 is 6.08 Å². The van der Waals surface area contributed by atoms with Crippen molar-refractivity contribution in [3.63, 3.8) is 0 Å². The average Bonchev–Trinajstić information content (AvgIpc) is 2.70. The van der Waals surface area contributed by atoms with Crippen LogP contribution in [0.2, 0.25) is 0 Å². The average molecular weight is 342 g/mol. The molecule has 128 valence electrons. The molecule has 4 rings (SSSR count). The Morgan fingerprint density at radius 2 is 1.96 bits per heavy atom. The van der Waals surface area contributed by atoms with Crippen LogP contribution < -0.4 is 5.32 Å². The lowest BCUT2D eigenvalue weighted by molar-refractivity contribution is 0.631. The van der Waals surface area contributed by atoms with Gasteiger partial charge in [0.15, 0.2) is 0 Å². The van der Waals surface area contributed by atoms with Crippen LogP contribution in [-0.4, -0.2) is 4.98 Å². The summed E-state index contributed by atoms with van der Waals surface area (Å²) in [4.78, 5) is 4.23. The summed E-state index contributed by atoms with van der Waals surface area (Å²) >= 11 is 0. The van der Waals surface area contributed by atoms with Crippen LogP contribution in [0.5, 0.6) is 0 Å². The molecule has 1 aliphatic rings. The lowest BCUT2D eigenvalue weighted by atomic mass is 9.93. The number of hydrogen-bond acceptors (Lipinski definition) is 2. The predicted octanol–water partition coefficient (Wildman–Crippen LogP) is 5.52. The van der Waals surface area contributed by atoms with Gasteiger partial charge in [-0.2, -0.15) is 0 Å². The molecule has 0 saturated heterocycles. The number of benzene rings is 2. The van der Waals surface area contributed by atoms with Gasteiger partial charge in [-0.15, -0.1) is 0 Å². The van der Waals surface area contributed by atoms with Gasteiger partial charge in [0.05, 0.1) is 6.04 Å². The number of halogens is 1. The van der Waals surface area contributed by atoms with Crippen LogP contribution in [0, 0.1) is 5.82 Å². The zero-order chi connectivity index (χ0) is 17.8. The fraction of sp³-hybridized carbons (Fsp3) is 0.0870. The number of rotatable bonds is 3. The molecule has 0 saturated carbocycles. The van der Waals surface area contributed by atoms with E-state index in [0.717, 1.165) is 23.1 Å². The fourth-order valence-electron chi connectivity index (χ4n) is 3.29. The van der Waals surface area contributed by atoms with Crippen molar-refractivity contribution in [2.45, 2.75) is 12.5 Å². The molecule has 1 unspecified atom stereocenters. The molecule has 26 heavy (non-hydrogen) atoms. The third-order valence-electron chi connectivity index (χ3n) is 4.55. The largest absolute Gasteiger partial charge is 0.381 e. The van der Waals surface area contributed by atoms with Gasteiger partial charge in [0.25, 0.3) is 0 Å². The lowest BCUT2D eigenvalue weighted by Gasteiger charge is -2.24. The summed E-state index contributed by atoms with van der Waals surface area (Å²) in [5.74, 6) is -0.201. The van der Waals surface area contributed by atoms with E-state index in [4.69, 9.17) is 0 Å². The Hall–Kier alpha value is -3.20. The maximum Gasteiger partial charge on any atom is 0.131 e. The molecule has 2 nitrogen and oxygen atoms in total. The van der Waals surface area contributed by atoms with Gasteiger partial charge in [-0.05, 0) is 53.1 Å². The van der Waals surface area contributed by atoms with Gasteiger partial charge < -0.3 is 5.32 Å². The van der Waals surface area contributed by atoms with Crippen LogP contribution in [0.4, 0.5) is 4.39 Å². The van der Waals surface area contributed by atoms with Crippen LogP contribution in [0.3, 0.4) is 0 Å². The number of nitrogens with zero attached hydrogens (tertiary/aromatic N) is 1. The Kier molecular flexibility index (Phi) is 4.61. The Labute approximate surface area is 152 Å². The normalized spacial score (nSPS) is 17.9. The third kappa shape index (κ3) is 3.42. The van der Waals surface area contributed by atoms with Gasteiger partial charge in [0, 0.05) is 18.0 Å². The van der Waals surface area contributed by atoms with E-state index in [2.05, 4.69) is 34.6 Å². The van der Waals surface area contributed by atoms with E-state index in [-0.39, 0.29) is 11.9 Å². The molecule has 1 atom stereocenters. The maximum absolute atomic E-state index is 14.1. The molecule has 2 aromatic carbocycles. The first-order chi connectivity index (χ1) is 12.8. The van der Waals surface area contributed by atoms with Crippen LogP contribution in [0.25, 0.3) is 17.2 Å². The summed E-state index contributed by atoms with van der Waals surface area (Å²) in [6.45, 7) is 0. The highest BCUT2D eigenvalue weighted by atomic mass is 19.1. The SMILES string of the molecule is Fc1ccccc1-c1cccc(C=C2CC=CNC2c2cccnc2)c1. The number of allylic oxidation sites excluding steroid dienone is 1. The minimum atomic E-state index is -0.201. The second kappa shape index (κ2) is 7.36. The van der Waals surface area contributed by atoms with Gasteiger partial charge in [0.2, 0.25) is 0 Å². The van der Waals surface area contributed by atoms with Gasteiger partial charge in [-0.1, -0.05) is 54.6 Å². The molecule has 1 aromatic heterocycles. The van der Waals surface area contributed by atoms with Gasteiger partial charge in [0.1, 0.15) is 5.82 Å². The van der Waals surface area contributed by atoms with Gasteiger partial charge in [-0.25, -0.2) is 4.39 Å². The highest BCUT2D eigenvalue weighted by Crippen LogP contribution is 2.30. The van der Waals surface area contributed by atoms with Gasteiger partial charge in [-0.3, -0.25) is 4.98 Å². The second-order valence-corrected chi connectivity index (χ2v) is 6.32. The molecule has 0 aliphatic carbocycles. The minimum Gasteiger partial charge on any atom is -0.381 e. The Morgan fingerprint density at radius 3 is 2.81 bits per heavy atom. The maximum atomic E-state index is 14.1. The summed E-state index contributed by atoms with van der Waals surface area (Å²) < 4.78 is 14.1. The first-order valence-corrected chi connectivity index (χ1v) is 8.68. The summed E-state index contributed by atoms with van der Waals surface area (Å²) in [6, 6.07) is 19.0. The zero-order valence-electron chi connectivity index (χ0n) is 14.3. The molecule has 0 radical (unpaired) electrons. The first-order valence-electron chi connectivity index (χ1n) is 8.68. The number of nitrogens with one attached hydrogen (secondary N) is 1. The molecule has 1 aliphatic heterocycles. The summed E-state index contributed by atoms with van der Waals surface area (Å²) in [5, 5.41) is 3.41. The highest BCUT2D eigenvalue weighted by Gasteiger charge is 2.17. The topological polar surface area (TPSA) is 24.9 Å². The first kappa shape index (κ1) is 16.3. The Morgan fingerprint density at radius 1 is 1.04 bits per heavy atom. The van der Waals surface area contributed by atoms with Crippen molar-refractivity contribution in [1.29, 1.82) is 0 Å². The molecule has 0 fully saturated rings. The second-order valence-electron chi connectivity index (χ2n) is 6.32. The smallest absolute Gasteiger partial charge is 0.131 e. The molecule has 2 heterocycles. The summed E-state index contributed by atoms with van der Waals surface area (Å²) in [5.41, 5.74) is 4.96. The molecule has 0 spiro atoms. The Bertz CT molecular complexity index is 961. The van der Waals surface area contributed by atoms with Crippen LogP contribution in [0.1, 0.15) is 23.6 Å². The Balaban J connectivity index is 1.70. The van der Waals surface area contributed by atoms with Crippen molar-refractivity contribution in [2.75, 3.05) is 0 Å². The minimum absolute atomic E-state index is 0.103. The lowest BCUT2D eigenvalue weighted by Crippen LogP contribution is -2.20. The van der Waals surface area contributed by atoms with E-state index in [1.54, 1.807) is 12.3 Å². The standard InChI is InChI=1S/C23H19FN2/c24-22-11-2-1-10-21(22)18-7-3-6-17(14-18)15-19-8-5-13-26-23(19)20-9-4-12-25-16-20/h1-7,9-16,23,26H,8H2. The fourth-order valence-corrected chi connectivity index (χ4v) is 3.29. The molecular weight excluding hydrogens is 323 g/mol. The van der Waals surface area contributed by atoms with Crippen LogP contribution in [0.15, 0.2) is 90.9 Å². The van der Waals surface area contributed by atoms with Crippen molar-refractivity contribution < 1.29 is 4.39 Å². The van der Waals surface area contributed by atoms with Crippen LogP contribution >= 0.6 is 0 Å². The molecule has 3 aromatic rings. The summed E-state index contributed by atoms with van der Waals surface area (Å²) in [7, 11) is 0. The molecule has 1 N–H and O–H groups in total. The zero-order valence-corrected chi connectivity index (χ0v) is 14.3. The van der Waals surface area contributed by atoms with Gasteiger partial charge >= 0.3 is 0 Å². The van der Waals surface area contributed by atoms with E-state index in [1.807, 2.05) is 48.8 Å². The van der Waals surface area contributed by atoms with Crippen molar-refractivity contribution in [3.05, 3.63) is 108 Å². The van der Waals surface area contributed by atoms with E-state index in [1.165, 1.54) is 11.6 Å². The number of aromatic nitrogens is 1. The number of hydrogen-bond donors (Lipinski definition) is 1.